The molecule has 3 aromatic rings. The monoisotopic (exact) mass is 541 g/mol. The average molecular weight is 543 g/mol. The summed E-state index contributed by atoms with van der Waals surface area (Å²) in [5.41, 5.74) is 0.136. The maximum Gasteiger partial charge on any atom is 0.254 e. The standard InChI is InChI=1S/C20H14BrClFN3O3S2/c1-2-5-20(6-7-20)31(28,29)18-11-9-14-16(24-25-30-14)15(23)17(11)26(19(18)27)13-4-3-10(21)8-12(13)22/h2-4,8-9,18H,1,5-7H2. The first-order chi connectivity index (χ1) is 14.7. The first-order valence-electron chi connectivity index (χ1n) is 9.30. The number of amides is 1. The number of rotatable bonds is 5. The van der Waals surface area contributed by atoms with E-state index in [1.54, 1.807) is 24.3 Å². The molecule has 1 atom stereocenters. The van der Waals surface area contributed by atoms with Gasteiger partial charge in [0.15, 0.2) is 20.9 Å². The zero-order valence-corrected chi connectivity index (χ0v) is 19.8. The van der Waals surface area contributed by atoms with Gasteiger partial charge >= 0.3 is 0 Å². The maximum atomic E-state index is 15.6. The Labute approximate surface area is 194 Å². The van der Waals surface area contributed by atoms with Crippen molar-refractivity contribution in [2.45, 2.75) is 29.3 Å². The number of aromatic nitrogens is 2. The summed E-state index contributed by atoms with van der Waals surface area (Å²) in [5, 5.41) is 2.45. The molecular weight excluding hydrogens is 529 g/mol. The molecule has 0 spiro atoms. The lowest BCUT2D eigenvalue weighted by molar-refractivity contribution is -0.117. The van der Waals surface area contributed by atoms with Gasteiger partial charge in [0.1, 0.15) is 5.52 Å². The van der Waals surface area contributed by atoms with Crippen molar-refractivity contribution in [2.75, 3.05) is 4.90 Å². The fraction of sp³-hybridized carbons (Fsp3) is 0.250. The van der Waals surface area contributed by atoms with Gasteiger partial charge in [-0.15, -0.1) is 11.7 Å². The zero-order chi connectivity index (χ0) is 22.1. The van der Waals surface area contributed by atoms with E-state index < -0.39 is 31.6 Å². The van der Waals surface area contributed by atoms with Crippen molar-refractivity contribution < 1.29 is 17.6 Å². The fourth-order valence-electron chi connectivity index (χ4n) is 4.14. The number of allylic oxidation sites excluding steroid dienone is 1. The lowest BCUT2D eigenvalue weighted by Crippen LogP contribution is -2.35. The number of halogens is 3. The summed E-state index contributed by atoms with van der Waals surface area (Å²) in [5.74, 6) is -1.54. The third-order valence-electron chi connectivity index (χ3n) is 5.83. The van der Waals surface area contributed by atoms with Crippen molar-refractivity contribution >= 4 is 76.4 Å². The molecule has 1 unspecified atom stereocenters. The summed E-state index contributed by atoms with van der Waals surface area (Å²) >= 11 is 10.6. The minimum Gasteiger partial charge on any atom is -0.275 e. The van der Waals surface area contributed by atoms with Crippen LogP contribution in [0.25, 0.3) is 10.2 Å². The highest BCUT2D eigenvalue weighted by Gasteiger charge is 2.61. The zero-order valence-electron chi connectivity index (χ0n) is 15.8. The van der Waals surface area contributed by atoms with Crippen molar-refractivity contribution in [1.82, 2.24) is 9.59 Å². The lowest BCUT2D eigenvalue weighted by atomic mass is 10.1. The highest BCUT2D eigenvalue weighted by atomic mass is 79.9. The normalized spacial score (nSPS) is 19.6. The third kappa shape index (κ3) is 2.92. The SMILES string of the molecule is C=CCC1(S(=O)(=O)C2C(=O)N(c3ccc(Br)cc3Cl)c3c2cc2snnc2c3F)CC1. The smallest absolute Gasteiger partial charge is 0.254 e. The second-order valence-corrected chi connectivity index (χ2v) is 12.2. The predicted octanol–water partition coefficient (Wildman–Crippen LogP) is 5.49. The van der Waals surface area contributed by atoms with Crippen LogP contribution in [-0.2, 0) is 14.6 Å². The number of carbonyl (C=O) groups excluding carboxylic acids is 1. The van der Waals surface area contributed by atoms with E-state index in [1.165, 1.54) is 6.07 Å². The van der Waals surface area contributed by atoms with Crippen molar-refractivity contribution in [1.29, 1.82) is 0 Å². The first-order valence-corrected chi connectivity index (χ1v) is 12.8. The maximum absolute atomic E-state index is 15.6. The predicted molar refractivity (Wildman–Crippen MR) is 122 cm³/mol. The third-order valence-corrected chi connectivity index (χ3v) is 10.2. The van der Waals surface area contributed by atoms with Crippen LogP contribution in [0.5, 0.6) is 0 Å². The fourth-order valence-corrected chi connectivity index (χ4v) is 7.91. The quantitative estimate of drug-likeness (QED) is 0.398. The number of nitrogens with zero attached hydrogens (tertiary/aromatic N) is 3. The summed E-state index contributed by atoms with van der Waals surface area (Å²) < 4.78 is 46.8. The van der Waals surface area contributed by atoms with E-state index in [1.807, 2.05) is 0 Å². The second-order valence-electron chi connectivity index (χ2n) is 7.62. The molecule has 1 aliphatic heterocycles. The van der Waals surface area contributed by atoms with Crippen LogP contribution in [0.15, 0.2) is 41.4 Å². The van der Waals surface area contributed by atoms with Gasteiger partial charge in [-0.3, -0.25) is 9.69 Å². The van der Waals surface area contributed by atoms with Crippen LogP contribution in [0.3, 0.4) is 0 Å². The Morgan fingerprint density at radius 3 is 2.77 bits per heavy atom. The van der Waals surface area contributed by atoms with Crippen molar-refractivity contribution in [2.24, 2.45) is 0 Å². The van der Waals surface area contributed by atoms with E-state index in [9.17, 15) is 13.2 Å². The Kier molecular flexibility index (Phi) is 4.78. The number of hydrogen-bond donors (Lipinski definition) is 0. The molecule has 2 aliphatic rings. The van der Waals surface area contributed by atoms with Crippen molar-refractivity contribution in [3.8, 4) is 0 Å². The molecular formula is C20H14BrClFN3O3S2. The summed E-state index contributed by atoms with van der Waals surface area (Å²) in [6.07, 6.45) is 2.66. The molecule has 160 valence electrons. The van der Waals surface area contributed by atoms with E-state index in [0.29, 0.717) is 22.0 Å². The Morgan fingerprint density at radius 1 is 1.39 bits per heavy atom. The molecule has 0 bridgehead atoms. The van der Waals surface area contributed by atoms with Crippen LogP contribution < -0.4 is 4.90 Å². The molecule has 2 aromatic carbocycles. The van der Waals surface area contributed by atoms with Gasteiger partial charge in [0.25, 0.3) is 5.91 Å². The molecule has 1 aromatic heterocycles. The number of sulfone groups is 1. The Hall–Kier alpha value is -1.88. The van der Waals surface area contributed by atoms with Crippen LogP contribution >= 0.6 is 39.1 Å². The minimum absolute atomic E-state index is 0.0138. The largest absolute Gasteiger partial charge is 0.275 e. The summed E-state index contributed by atoms with van der Waals surface area (Å²) in [6.45, 7) is 3.66. The Morgan fingerprint density at radius 2 is 2.13 bits per heavy atom. The highest BCUT2D eigenvalue weighted by molar-refractivity contribution is 9.10. The average Bonchev–Trinajstić information content (AvgIpc) is 3.24. The number of hydrogen-bond acceptors (Lipinski definition) is 6. The lowest BCUT2D eigenvalue weighted by Gasteiger charge is -2.22. The Balaban J connectivity index is 1.79. The molecule has 1 aliphatic carbocycles. The van der Waals surface area contributed by atoms with E-state index in [-0.39, 0.29) is 33.9 Å². The minimum atomic E-state index is -4.00. The molecule has 5 rings (SSSR count). The van der Waals surface area contributed by atoms with Gasteiger partial charge in [0.05, 0.1) is 25.8 Å². The van der Waals surface area contributed by atoms with E-state index in [4.69, 9.17) is 11.6 Å². The molecule has 0 radical (unpaired) electrons. The number of anilines is 2. The highest BCUT2D eigenvalue weighted by Crippen LogP contribution is 2.57. The summed E-state index contributed by atoms with van der Waals surface area (Å²) in [6, 6.07) is 6.27. The van der Waals surface area contributed by atoms with Gasteiger partial charge in [-0.05, 0) is 55.1 Å². The van der Waals surface area contributed by atoms with Gasteiger partial charge in [0, 0.05) is 10.0 Å². The molecule has 11 heteroatoms. The topological polar surface area (TPSA) is 80.2 Å². The van der Waals surface area contributed by atoms with Crippen molar-refractivity contribution in [3.05, 3.63) is 57.8 Å². The summed E-state index contributed by atoms with van der Waals surface area (Å²) in [4.78, 5) is 14.7. The van der Waals surface area contributed by atoms with Crippen LogP contribution in [0, 0.1) is 5.82 Å². The van der Waals surface area contributed by atoms with Crippen molar-refractivity contribution in [3.63, 3.8) is 0 Å². The molecule has 1 saturated carbocycles. The van der Waals surface area contributed by atoms with Crippen LogP contribution in [0.1, 0.15) is 30.1 Å². The van der Waals surface area contributed by atoms with Gasteiger partial charge < -0.3 is 0 Å². The van der Waals surface area contributed by atoms with E-state index in [2.05, 4.69) is 32.1 Å². The van der Waals surface area contributed by atoms with E-state index in [0.717, 1.165) is 16.4 Å². The molecule has 0 saturated heterocycles. The summed E-state index contributed by atoms with van der Waals surface area (Å²) in [7, 11) is -4.00. The number of carbonyl (C=O) groups is 1. The molecule has 1 amide bonds. The number of fused-ring (bicyclic) bond motifs is 2. The second kappa shape index (κ2) is 7.06. The first kappa shape index (κ1) is 21.0. The number of benzene rings is 2. The molecule has 2 heterocycles. The molecule has 6 nitrogen and oxygen atoms in total. The van der Waals surface area contributed by atoms with Gasteiger partial charge in [-0.25, -0.2) is 12.8 Å². The van der Waals surface area contributed by atoms with Gasteiger partial charge in [-0.1, -0.05) is 38.1 Å². The molecule has 1 fully saturated rings. The van der Waals surface area contributed by atoms with Crippen LogP contribution in [-0.4, -0.2) is 28.7 Å². The van der Waals surface area contributed by atoms with Gasteiger partial charge in [0.2, 0.25) is 0 Å². The van der Waals surface area contributed by atoms with E-state index >= 15 is 4.39 Å². The molecule has 31 heavy (non-hydrogen) atoms. The molecule has 0 N–H and O–H groups in total. The Bertz CT molecular complexity index is 1390. The van der Waals surface area contributed by atoms with Gasteiger partial charge in [-0.2, -0.15) is 0 Å². The van der Waals surface area contributed by atoms with Crippen LogP contribution in [0.4, 0.5) is 15.8 Å². The van der Waals surface area contributed by atoms with Crippen LogP contribution in [0.2, 0.25) is 5.02 Å².